The molecule has 16 heavy (non-hydrogen) atoms. The molecule has 84 valence electrons. The Labute approximate surface area is 96.1 Å². The zero-order chi connectivity index (χ0) is 11.4. The van der Waals surface area contributed by atoms with Crippen molar-refractivity contribution in [3.63, 3.8) is 0 Å². The minimum absolute atomic E-state index is 0.852. The van der Waals surface area contributed by atoms with Gasteiger partial charge in [0.15, 0.2) is 0 Å². The molecule has 0 aliphatic heterocycles. The second kappa shape index (κ2) is 4.94. The van der Waals surface area contributed by atoms with Crippen molar-refractivity contribution >= 4 is 0 Å². The van der Waals surface area contributed by atoms with Gasteiger partial charge in [0.1, 0.15) is 0 Å². The maximum Gasteiger partial charge on any atom is 0.0945 e. The number of aryl methyl sites for hydroxylation is 2. The van der Waals surface area contributed by atoms with Crippen LogP contribution in [-0.4, -0.2) is 9.55 Å². The van der Waals surface area contributed by atoms with Crippen molar-refractivity contribution in [1.29, 1.82) is 0 Å². The van der Waals surface area contributed by atoms with Crippen molar-refractivity contribution in [1.82, 2.24) is 14.9 Å². The maximum absolute atomic E-state index is 4.09. The van der Waals surface area contributed by atoms with E-state index in [2.05, 4.69) is 41.5 Å². The first-order valence-electron chi connectivity index (χ1n) is 5.48. The van der Waals surface area contributed by atoms with Crippen LogP contribution in [0.1, 0.15) is 16.8 Å². The summed E-state index contributed by atoms with van der Waals surface area (Å²) in [6.07, 6.45) is 3.72. The molecule has 0 aliphatic rings. The highest BCUT2D eigenvalue weighted by atomic mass is 15.0. The SMILES string of the molecule is Cc1ccccc1CNCc1cncn1C. The van der Waals surface area contributed by atoms with E-state index in [1.807, 2.05) is 24.1 Å². The van der Waals surface area contributed by atoms with E-state index >= 15 is 0 Å². The van der Waals surface area contributed by atoms with Gasteiger partial charge < -0.3 is 9.88 Å². The zero-order valence-corrected chi connectivity index (χ0v) is 9.77. The lowest BCUT2D eigenvalue weighted by molar-refractivity contribution is 0.653. The predicted molar refractivity (Wildman–Crippen MR) is 64.9 cm³/mol. The van der Waals surface area contributed by atoms with E-state index in [0.29, 0.717) is 0 Å². The summed E-state index contributed by atoms with van der Waals surface area (Å²) in [7, 11) is 2.01. The molecule has 3 heteroatoms. The molecule has 0 saturated heterocycles. The molecule has 0 unspecified atom stereocenters. The van der Waals surface area contributed by atoms with Gasteiger partial charge in [-0.25, -0.2) is 4.98 Å². The summed E-state index contributed by atoms with van der Waals surface area (Å²) in [5, 5.41) is 3.42. The second-order valence-electron chi connectivity index (χ2n) is 4.03. The largest absolute Gasteiger partial charge is 0.337 e. The van der Waals surface area contributed by atoms with Crippen molar-refractivity contribution in [2.45, 2.75) is 20.0 Å². The van der Waals surface area contributed by atoms with Gasteiger partial charge in [0, 0.05) is 26.3 Å². The van der Waals surface area contributed by atoms with Crippen LogP contribution in [-0.2, 0) is 20.1 Å². The Morgan fingerprint density at radius 2 is 2.06 bits per heavy atom. The number of nitrogens with zero attached hydrogens (tertiary/aromatic N) is 2. The molecule has 1 aromatic heterocycles. The van der Waals surface area contributed by atoms with Crippen molar-refractivity contribution in [2.75, 3.05) is 0 Å². The number of hydrogen-bond acceptors (Lipinski definition) is 2. The molecule has 2 aromatic rings. The van der Waals surface area contributed by atoms with Crippen LogP contribution < -0.4 is 5.32 Å². The predicted octanol–water partition coefficient (Wildman–Crippen LogP) is 2.02. The average Bonchev–Trinajstić information content (AvgIpc) is 2.67. The first-order chi connectivity index (χ1) is 7.77. The summed E-state index contributed by atoms with van der Waals surface area (Å²) in [5.74, 6) is 0. The third-order valence-electron chi connectivity index (χ3n) is 2.80. The highest BCUT2D eigenvalue weighted by Gasteiger charge is 1.99. The summed E-state index contributed by atoms with van der Waals surface area (Å²) in [6, 6.07) is 8.45. The van der Waals surface area contributed by atoms with Gasteiger partial charge in [0.25, 0.3) is 0 Å². The van der Waals surface area contributed by atoms with Gasteiger partial charge in [-0.2, -0.15) is 0 Å². The molecule has 1 N–H and O–H groups in total. The topological polar surface area (TPSA) is 29.9 Å². The molecule has 1 aromatic carbocycles. The summed E-state index contributed by atoms with van der Waals surface area (Å²) in [4.78, 5) is 4.09. The first kappa shape index (κ1) is 10.9. The molecule has 0 atom stereocenters. The van der Waals surface area contributed by atoms with E-state index in [1.54, 1.807) is 0 Å². The number of aromatic nitrogens is 2. The molecule has 0 fully saturated rings. The highest BCUT2D eigenvalue weighted by molar-refractivity contribution is 5.25. The lowest BCUT2D eigenvalue weighted by atomic mass is 10.1. The van der Waals surface area contributed by atoms with Crippen LogP contribution in [0.3, 0.4) is 0 Å². The fourth-order valence-corrected chi connectivity index (χ4v) is 1.69. The molecule has 0 amide bonds. The summed E-state index contributed by atoms with van der Waals surface area (Å²) >= 11 is 0. The fraction of sp³-hybridized carbons (Fsp3) is 0.308. The standard InChI is InChI=1S/C13H17N3/c1-11-5-3-4-6-12(11)7-14-8-13-9-15-10-16(13)2/h3-6,9-10,14H,7-8H2,1-2H3. The van der Waals surface area contributed by atoms with Crippen LogP contribution in [0.2, 0.25) is 0 Å². The first-order valence-corrected chi connectivity index (χ1v) is 5.48. The minimum Gasteiger partial charge on any atom is -0.337 e. The van der Waals surface area contributed by atoms with Crippen molar-refractivity contribution in [3.05, 3.63) is 53.6 Å². The molecular weight excluding hydrogens is 198 g/mol. The molecular formula is C13H17N3. The summed E-state index contributed by atoms with van der Waals surface area (Å²) < 4.78 is 2.03. The van der Waals surface area contributed by atoms with Crippen molar-refractivity contribution in [3.8, 4) is 0 Å². The number of nitrogens with one attached hydrogen (secondary N) is 1. The Bertz CT molecular complexity index is 460. The van der Waals surface area contributed by atoms with Crippen LogP contribution in [0.5, 0.6) is 0 Å². The normalized spacial score (nSPS) is 10.6. The van der Waals surface area contributed by atoms with Gasteiger partial charge in [-0.1, -0.05) is 24.3 Å². The molecule has 1 heterocycles. The molecule has 0 bridgehead atoms. The van der Waals surface area contributed by atoms with E-state index in [-0.39, 0.29) is 0 Å². The second-order valence-corrected chi connectivity index (χ2v) is 4.03. The lowest BCUT2D eigenvalue weighted by Crippen LogP contribution is -2.15. The Morgan fingerprint density at radius 1 is 1.25 bits per heavy atom. The fourth-order valence-electron chi connectivity index (χ4n) is 1.69. The van der Waals surface area contributed by atoms with Gasteiger partial charge >= 0.3 is 0 Å². The smallest absolute Gasteiger partial charge is 0.0945 e. The Hall–Kier alpha value is -1.61. The molecule has 2 rings (SSSR count). The third-order valence-corrected chi connectivity index (χ3v) is 2.80. The summed E-state index contributed by atoms with van der Waals surface area (Å²) in [5.41, 5.74) is 3.89. The third kappa shape index (κ3) is 2.49. The van der Waals surface area contributed by atoms with Gasteiger partial charge in [-0.15, -0.1) is 0 Å². The lowest BCUT2D eigenvalue weighted by Gasteiger charge is -2.07. The van der Waals surface area contributed by atoms with E-state index in [1.165, 1.54) is 16.8 Å². The number of imidazole rings is 1. The van der Waals surface area contributed by atoms with E-state index < -0.39 is 0 Å². The molecule has 0 radical (unpaired) electrons. The monoisotopic (exact) mass is 215 g/mol. The van der Waals surface area contributed by atoms with Crippen molar-refractivity contribution in [2.24, 2.45) is 7.05 Å². The Kier molecular flexibility index (Phi) is 3.37. The average molecular weight is 215 g/mol. The van der Waals surface area contributed by atoms with Gasteiger partial charge in [-0.05, 0) is 18.1 Å². The maximum atomic E-state index is 4.09. The van der Waals surface area contributed by atoms with Crippen LogP contribution in [0.15, 0.2) is 36.8 Å². The van der Waals surface area contributed by atoms with Gasteiger partial charge in [0.2, 0.25) is 0 Å². The van der Waals surface area contributed by atoms with E-state index in [9.17, 15) is 0 Å². The van der Waals surface area contributed by atoms with Crippen LogP contribution in [0.4, 0.5) is 0 Å². The van der Waals surface area contributed by atoms with Crippen LogP contribution in [0, 0.1) is 6.92 Å². The minimum atomic E-state index is 0.852. The highest BCUT2D eigenvalue weighted by Crippen LogP contribution is 2.06. The zero-order valence-electron chi connectivity index (χ0n) is 9.77. The number of benzene rings is 1. The summed E-state index contributed by atoms with van der Waals surface area (Å²) in [6.45, 7) is 3.89. The van der Waals surface area contributed by atoms with E-state index in [4.69, 9.17) is 0 Å². The van der Waals surface area contributed by atoms with Crippen LogP contribution >= 0.6 is 0 Å². The van der Waals surface area contributed by atoms with Crippen LogP contribution in [0.25, 0.3) is 0 Å². The van der Waals surface area contributed by atoms with E-state index in [0.717, 1.165) is 13.1 Å². The molecule has 0 saturated carbocycles. The Morgan fingerprint density at radius 3 is 2.75 bits per heavy atom. The molecule has 0 spiro atoms. The van der Waals surface area contributed by atoms with Crippen molar-refractivity contribution < 1.29 is 0 Å². The number of hydrogen-bond donors (Lipinski definition) is 1. The molecule has 0 aliphatic carbocycles. The quantitative estimate of drug-likeness (QED) is 0.845. The van der Waals surface area contributed by atoms with Gasteiger partial charge in [0.05, 0.1) is 12.0 Å². The Balaban J connectivity index is 1.89. The number of rotatable bonds is 4. The van der Waals surface area contributed by atoms with Gasteiger partial charge in [-0.3, -0.25) is 0 Å². The molecule has 3 nitrogen and oxygen atoms in total.